The Kier molecular flexibility index (Phi) is 3.87. The van der Waals surface area contributed by atoms with Crippen molar-refractivity contribution in [3.05, 3.63) is 100 Å². The second kappa shape index (κ2) is 6.64. The topological polar surface area (TPSA) is 39.4 Å². The summed E-state index contributed by atoms with van der Waals surface area (Å²) in [6.45, 7) is 0.441. The molecule has 0 amide bonds. The molecule has 154 valence electrons. The van der Waals surface area contributed by atoms with Gasteiger partial charge in [0.1, 0.15) is 12.4 Å². The summed E-state index contributed by atoms with van der Waals surface area (Å²) in [5, 5.41) is 1.28. The highest BCUT2D eigenvalue weighted by Crippen LogP contribution is 2.51. The van der Waals surface area contributed by atoms with Gasteiger partial charge in [-0.25, -0.2) is 0 Å². The third-order valence-electron chi connectivity index (χ3n) is 6.54. The zero-order chi connectivity index (χ0) is 21.1. The third-order valence-corrected chi connectivity index (χ3v) is 6.54. The van der Waals surface area contributed by atoms with Crippen molar-refractivity contribution in [2.75, 3.05) is 7.05 Å². The monoisotopic (exact) mass is 409 g/mol. The molecule has 0 spiro atoms. The van der Waals surface area contributed by atoms with Crippen LogP contribution < -0.4 is 10.3 Å². The van der Waals surface area contributed by atoms with E-state index in [1.165, 1.54) is 22.2 Å². The van der Waals surface area contributed by atoms with E-state index in [2.05, 4.69) is 41.9 Å². The van der Waals surface area contributed by atoms with Gasteiger partial charge in [0.2, 0.25) is 0 Å². The molecule has 1 atom stereocenters. The SMILES string of the molecule is CN1C=C2CC1c1c2n(C)c2cc(-n3ccc(OCc4ccccc4)cc3=O)ccc12. The van der Waals surface area contributed by atoms with Crippen LogP contribution in [-0.2, 0) is 13.7 Å². The van der Waals surface area contributed by atoms with Gasteiger partial charge in [-0.1, -0.05) is 36.4 Å². The second-order valence-electron chi connectivity index (χ2n) is 8.41. The number of nitrogens with zero attached hydrogens (tertiary/aromatic N) is 3. The van der Waals surface area contributed by atoms with Crippen LogP contribution in [0.15, 0.2) is 77.9 Å². The van der Waals surface area contributed by atoms with Crippen LogP contribution in [0.5, 0.6) is 5.75 Å². The van der Waals surface area contributed by atoms with Gasteiger partial charge in [0.05, 0.1) is 22.9 Å². The van der Waals surface area contributed by atoms with Gasteiger partial charge >= 0.3 is 0 Å². The molecule has 4 aromatic rings. The zero-order valence-corrected chi connectivity index (χ0v) is 17.6. The Morgan fingerprint density at radius 3 is 2.68 bits per heavy atom. The predicted octanol–water partition coefficient (Wildman–Crippen LogP) is 4.64. The molecule has 5 heteroatoms. The summed E-state index contributed by atoms with van der Waals surface area (Å²) < 4.78 is 9.75. The van der Waals surface area contributed by atoms with Crippen molar-refractivity contribution in [1.82, 2.24) is 14.0 Å². The first-order valence-electron chi connectivity index (χ1n) is 10.6. The summed E-state index contributed by atoms with van der Waals surface area (Å²) in [6.07, 6.45) is 5.14. The molecule has 0 radical (unpaired) electrons. The summed E-state index contributed by atoms with van der Waals surface area (Å²) in [6, 6.07) is 20.1. The van der Waals surface area contributed by atoms with Gasteiger partial charge in [0.25, 0.3) is 5.56 Å². The fourth-order valence-corrected chi connectivity index (χ4v) is 5.04. The van der Waals surface area contributed by atoms with Crippen LogP contribution in [0.4, 0.5) is 0 Å². The number of aromatic nitrogens is 2. The van der Waals surface area contributed by atoms with Crippen molar-refractivity contribution >= 4 is 16.5 Å². The molecule has 0 saturated carbocycles. The highest BCUT2D eigenvalue weighted by atomic mass is 16.5. The molecule has 5 nitrogen and oxygen atoms in total. The number of hydrogen-bond donors (Lipinski definition) is 0. The van der Waals surface area contributed by atoms with E-state index in [9.17, 15) is 4.79 Å². The first kappa shape index (κ1) is 18.1. The van der Waals surface area contributed by atoms with Crippen molar-refractivity contribution in [1.29, 1.82) is 0 Å². The van der Waals surface area contributed by atoms with Gasteiger partial charge in [-0.05, 0) is 29.3 Å². The van der Waals surface area contributed by atoms with E-state index in [1.807, 2.05) is 42.5 Å². The summed E-state index contributed by atoms with van der Waals surface area (Å²) in [7, 11) is 4.27. The molecule has 1 aliphatic carbocycles. The van der Waals surface area contributed by atoms with Crippen LogP contribution >= 0.6 is 0 Å². The van der Waals surface area contributed by atoms with E-state index in [-0.39, 0.29) is 5.56 Å². The molecule has 2 aliphatic rings. The number of benzene rings is 2. The lowest BCUT2D eigenvalue weighted by atomic mass is 10.1. The molecule has 6 rings (SSSR count). The van der Waals surface area contributed by atoms with E-state index in [4.69, 9.17) is 4.74 Å². The van der Waals surface area contributed by atoms with Gasteiger partial charge in [-0.2, -0.15) is 0 Å². The van der Waals surface area contributed by atoms with Crippen molar-refractivity contribution < 1.29 is 4.74 Å². The molecule has 0 N–H and O–H groups in total. The minimum atomic E-state index is -0.103. The van der Waals surface area contributed by atoms with Crippen LogP contribution in [-0.4, -0.2) is 21.1 Å². The maximum absolute atomic E-state index is 12.8. The lowest BCUT2D eigenvalue weighted by Gasteiger charge is -2.21. The van der Waals surface area contributed by atoms with E-state index in [0.717, 1.165) is 23.2 Å². The average Bonchev–Trinajstić information content (AvgIpc) is 3.43. The van der Waals surface area contributed by atoms with Gasteiger partial charge in [0.15, 0.2) is 0 Å². The minimum Gasteiger partial charge on any atom is -0.489 e. The second-order valence-corrected chi connectivity index (χ2v) is 8.41. The Morgan fingerprint density at radius 2 is 1.87 bits per heavy atom. The molecule has 31 heavy (non-hydrogen) atoms. The van der Waals surface area contributed by atoms with Crippen LogP contribution in [0.3, 0.4) is 0 Å². The maximum atomic E-state index is 12.8. The van der Waals surface area contributed by atoms with E-state index in [0.29, 0.717) is 18.4 Å². The molecule has 2 bridgehead atoms. The Bertz CT molecular complexity index is 1410. The Labute approximate surface area is 180 Å². The lowest BCUT2D eigenvalue weighted by molar-refractivity contribution is 0.305. The lowest BCUT2D eigenvalue weighted by Crippen LogP contribution is -2.16. The van der Waals surface area contributed by atoms with Crippen LogP contribution in [0.1, 0.15) is 29.3 Å². The quantitative estimate of drug-likeness (QED) is 0.493. The summed E-state index contributed by atoms with van der Waals surface area (Å²) in [4.78, 5) is 15.1. The van der Waals surface area contributed by atoms with Crippen LogP contribution in [0.25, 0.3) is 22.2 Å². The van der Waals surface area contributed by atoms with Crippen LogP contribution in [0.2, 0.25) is 0 Å². The number of rotatable bonds is 4. The molecule has 1 unspecified atom stereocenters. The normalized spacial score (nSPS) is 16.6. The number of fused-ring (bicyclic) bond motifs is 7. The maximum Gasteiger partial charge on any atom is 0.258 e. The van der Waals surface area contributed by atoms with Crippen LogP contribution in [0, 0.1) is 0 Å². The number of hydrogen-bond acceptors (Lipinski definition) is 3. The molecule has 2 aromatic heterocycles. The Hall–Kier alpha value is -3.73. The number of aryl methyl sites for hydroxylation is 1. The molecular formula is C26H23N3O2. The Morgan fingerprint density at radius 1 is 1.03 bits per heavy atom. The van der Waals surface area contributed by atoms with Gasteiger partial charge < -0.3 is 14.2 Å². The van der Waals surface area contributed by atoms with Crippen molar-refractivity contribution in [3.8, 4) is 11.4 Å². The van der Waals surface area contributed by atoms with Crippen molar-refractivity contribution in [2.24, 2.45) is 7.05 Å². The molecule has 1 aliphatic heterocycles. The van der Waals surface area contributed by atoms with Gasteiger partial charge in [0, 0.05) is 49.9 Å². The highest BCUT2D eigenvalue weighted by Gasteiger charge is 2.38. The smallest absolute Gasteiger partial charge is 0.258 e. The third kappa shape index (κ3) is 2.73. The number of ether oxygens (including phenoxy) is 1. The largest absolute Gasteiger partial charge is 0.489 e. The summed E-state index contributed by atoms with van der Waals surface area (Å²) in [5.74, 6) is 0.579. The molecule has 0 saturated heterocycles. The first-order valence-corrected chi connectivity index (χ1v) is 10.6. The predicted molar refractivity (Wildman–Crippen MR) is 122 cm³/mol. The number of pyridine rings is 1. The van der Waals surface area contributed by atoms with Gasteiger partial charge in [-0.3, -0.25) is 9.36 Å². The van der Waals surface area contributed by atoms with Gasteiger partial charge in [-0.15, -0.1) is 0 Å². The summed E-state index contributed by atoms with van der Waals surface area (Å²) in [5.41, 5.74) is 7.15. The molecule has 2 aromatic carbocycles. The van der Waals surface area contributed by atoms with E-state index >= 15 is 0 Å². The zero-order valence-electron chi connectivity index (χ0n) is 17.6. The fourth-order valence-electron chi connectivity index (χ4n) is 5.04. The van der Waals surface area contributed by atoms with Crippen molar-refractivity contribution in [3.63, 3.8) is 0 Å². The first-order chi connectivity index (χ1) is 15.1. The minimum absolute atomic E-state index is 0.103. The van der Waals surface area contributed by atoms with Crippen molar-refractivity contribution in [2.45, 2.75) is 19.1 Å². The molecular weight excluding hydrogens is 386 g/mol. The molecule has 0 fully saturated rings. The van der Waals surface area contributed by atoms with E-state index < -0.39 is 0 Å². The summed E-state index contributed by atoms with van der Waals surface area (Å²) >= 11 is 0. The highest BCUT2D eigenvalue weighted by molar-refractivity contribution is 5.95. The Balaban J connectivity index is 1.34. The standard InChI is InChI=1S/C26H23N3O2/c1-27-15-18-12-23(27)25-21-9-8-19(13-22(21)28(2)26(18)25)29-11-10-20(14-24(29)30)31-16-17-6-4-3-5-7-17/h3-11,13-15,23H,12,16H2,1-2H3. The van der Waals surface area contributed by atoms with E-state index in [1.54, 1.807) is 16.8 Å². The fraction of sp³-hybridized carbons (Fsp3) is 0.192. The average molecular weight is 409 g/mol. The molecule has 3 heterocycles.